The van der Waals surface area contributed by atoms with E-state index in [2.05, 4.69) is 5.32 Å². The lowest BCUT2D eigenvalue weighted by Gasteiger charge is -2.18. The molecule has 1 aliphatic heterocycles. The van der Waals surface area contributed by atoms with Gasteiger partial charge in [-0.25, -0.2) is 4.79 Å². The van der Waals surface area contributed by atoms with E-state index in [0.29, 0.717) is 22.7 Å². The minimum Gasteiger partial charge on any atom is -0.495 e. The largest absolute Gasteiger partial charge is 0.495 e. The highest BCUT2D eigenvalue weighted by molar-refractivity contribution is 6.02. The first-order chi connectivity index (χ1) is 15.9. The van der Waals surface area contributed by atoms with Gasteiger partial charge in [-0.2, -0.15) is 0 Å². The van der Waals surface area contributed by atoms with E-state index in [1.807, 2.05) is 49.4 Å². The number of fused-ring (bicyclic) bond motifs is 1. The van der Waals surface area contributed by atoms with Crippen LogP contribution in [0.25, 0.3) is 11.1 Å². The maximum absolute atomic E-state index is 13.3. The maximum Gasteiger partial charge on any atom is 0.339 e. The molecule has 5 rings (SSSR count). The molecule has 2 N–H and O–H groups in total. The summed E-state index contributed by atoms with van der Waals surface area (Å²) in [6.45, 7) is 2.12. The number of hydrogen-bond acceptors (Lipinski definition) is 5. The van der Waals surface area contributed by atoms with Crippen LogP contribution in [0.1, 0.15) is 35.8 Å². The number of hydrogen-bond donors (Lipinski definition) is 2. The first-order valence-electron chi connectivity index (χ1n) is 10.7. The van der Waals surface area contributed by atoms with Gasteiger partial charge in [-0.15, -0.1) is 0 Å². The van der Waals surface area contributed by atoms with Crippen molar-refractivity contribution in [1.82, 2.24) is 0 Å². The van der Waals surface area contributed by atoms with E-state index in [9.17, 15) is 14.7 Å². The Morgan fingerprint density at radius 3 is 2.55 bits per heavy atom. The van der Waals surface area contributed by atoms with E-state index in [0.717, 1.165) is 29.5 Å². The predicted octanol–water partition coefficient (Wildman–Crippen LogP) is 5.01. The fourth-order valence-electron chi connectivity index (χ4n) is 4.34. The van der Waals surface area contributed by atoms with Crippen LogP contribution in [0.15, 0.2) is 54.6 Å². The third kappa shape index (κ3) is 3.55. The lowest BCUT2D eigenvalue weighted by Crippen LogP contribution is -2.27. The number of carboxylic acid groups (broad SMARTS) is 1. The molecule has 0 spiro atoms. The lowest BCUT2D eigenvalue weighted by atomic mass is 9.93. The van der Waals surface area contributed by atoms with Gasteiger partial charge in [0, 0.05) is 12.7 Å². The van der Waals surface area contributed by atoms with Gasteiger partial charge in [0.05, 0.1) is 12.5 Å². The number of amides is 1. The minimum atomic E-state index is -1.06. The number of nitrogens with one attached hydrogen (secondary N) is 1. The molecule has 0 atom stereocenters. The van der Waals surface area contributed by atoms with E-state index >= 15 is 0 Å². The van der Waals surface area contributed by atoms with E-state index < -0.39 is 11.4 Å². The summed E-state index contributed by atoms with van der Waals surface area (Å²) in [4.78, 5) is 24.9. The van der Waals surface area contributed by atoms with Crippen molar-refractivity contribution in [3.05, 3.63) is 71.3 Å². The van der Waals surface area contributed by atoms with Crippen molar-refractivity contribution in [3.63, 3.8) is 0 Å². The van der Waals surface area contributed by atoms with Crippen molar-refractivity contribution in [2.75, 3.05) is 19.2 Å². The monoisotopic (exact) mass is 447 g/mol. The van der Waals surface area contributed by atoms with Gasteiger partial charge in [-0.1, -0.05) is 24.3 Å². The van der Waals surface area contributed by atoms with Crippen LogP contribution in [0.5, 0.6) is 17.2 Å². The number of carbonyl (C=O) groups excluding carboxylic acids is 1. The maximum atomic E-state index is 13.3. The molecule has 33 heavy (non-hydrogen) atoms. The zero-order valence-electron chi connectivity index (χ0n) is 18.3. The Hall–Kier alpha value is -4.00. The van der Waals surface area contributed by atoms with Gasteiger partial charge in [0.25, 0.3) is 0 Å². The Balaban J connectivity index is 0.00000274. The van der Waals surface area contributed by atoms with E-state index in [-0.39, 0.29) is 25.4 Å². The van der Waals surface area contributed by atoms with E-state index in [4.69, 9.17) is 14.2 Å². The molecule has 1 heterocycles. The van der Waals surface area contributed by atoms with E-state index in [1.165, 1.54) is 13.2 Å². The number of carbonyl (C=O) groups is 2. The Morgan fingerprint density at radius 1 is 1.03 bits per heavy atom. The average Bonchev–Trinajstić information content (AvgIpc) is 3.50. The molecule has 1 saturated carbocycles. The van der Waals surface area contributed by atoms with Gasteiger partial charge in [0.1, 0.15) is 11.3 Å². The summed E-state index contributed by atoms with van der Waals surface area (Å²) in [7, 11) is 1.45. The molecule has 3 aromatic carbocycles. The van der Waals surface area contributed by atoms with Crippen LogP contribution in [0.2, 0.25) is 0 Å². The summed E-state index contributed by atoms with van der Waals surface area (Å²) < 4.78 is 16.3. The van der Waals surface area contributed by atoms with Gasteiger partial charge in [0.15, 0.2) is 11.5 Å². The number of carboxylic acids is 1. The van der Waals surface area contributed by atoms with Crippen molar-refractivity contribution >= 4 is 17.6 Å². The molecule has 7 heteroatoms. The van der Waals surface area contributed by atoms with Crippen LogP contribution >= 0.6 is 0 Å². The molecule has 0 aromatic heterocycles. The number of benzene rings is 3. The smallest absolute Gasteiger partial charge is 0.339 e. The van der Waals surface area contributed by atoms with Gasteiger partial charge >= 0.3 is 5.97 Å². The molecule has 0 radical (unpaired) electrons. The summed E-state index contributed by atoms with van der Waals surface area (Å²) in [6.07, 6.45) is 1.51. The molecule has 7 nitrogen and oxygen atoms in total. The third-order valence-electron chi connectivity index (χ3n) is 6.34. The number of ether oxygens (including phenoxy) is 3. The fourth-order valence-corrected chi connectivity index (χ4v) is 4.34. The molecule has 2 aliphatic rings. The average molecular weight is 447 g/mol. The normalized spacial score (nSPS) is 15.1. The van der Waals surface area contributed by atoms with Crippen molar-refractivity contribution < 1.29 is 30.3 Å². The van der Waals surface area contributed by atoms with Gasteiger partial charge in [-0.05, 0) is 66.8 Å². The molecule has 0 unspecified atom stereocenters. The van der Waals surface area contributed by atoms with Gasteiger partial charge in [-0.3, -0.25) is 4.79 Å². The molecule has 1 aliphatic carbocycles. The molecular weight excluding hydrogens is 422 g/mol. The van der Waals surface area contributed by atoms with Crippen LogP contribution in [0.3, 0.4) is 0 Å². The predicted molar refractivity (Wildman–Crippen MR) is 124 cm³/mol. The molecule has 0 saturated heterocycles. The number of methoxy groups -OCH3 is 1. The van der Waals surface area contributed by atoms with Crippen LogP contribution in [-0.4, -0.2) is 30.9 Å². The summed E-state index contributed by atoms with van der Waals surface area (Å²) in [5.74, 6) is 0.499. The van der Waals surface area contributed by atoms with Crippen molar-refractivity contribution in [2.45, 2.75) is 25.2 Å². The number of rotatable bonds is 6. The summed E-state index contributed by atoms with van der Waals surface area (Å²) in [5, 5.41) is 12.6. The zero-order valence-corrected chi connectivity index (χ0v) is 18.3. The summed E-state index contributed by atoms with van der Waals surface area (Å²) in [6, 6.07) is 16.3. The number of anilines is 1. The van der Waals surface area contributed by atoms with Crippen LogP contribution in [-0.2, 0) is 10.2 Å². The SMILES string of the molecule is COc1c(C(=O)O)cccc1-c1cc(NC(=O)C2(c3ccc4c(c3)OCO4)CC2)ccc1C.[HH]. The van der Waals surface area contributed by atoms with Gasteiger partial charge < -0.3 is 24.6 Å². The second-order valence-corrected chi connectivity index (χ2v) is 8.33. The van der Waals surface area contributed by atoms with Crippen molar-refractivity contribution in [2.24, 2.45) is 0 Å². The van der Waals surface area contributed by atoms with Crippen LogP contribution < -0.4 is 19.5 Å². The second-order valence-electron chi connectivity index (χ2n) is 8.33. The second kappa shape index (κ2) is 7.85. The molecule has 3 aromatic rings. The topological polar surface area (TPSA) is 94.1 Å². The first-order valence-corrected chi connectivity index (χ1v) is 10.7. The first kappa shape index (κ1) is 20.9. The standard InChI is InChI=1S/C26H23NO6.H2/c1-15-6-8-17(13-20(15)18-4-3-5-19(24(28)29)23(18)31-2)27-25(30)26(10-11-26)16-7-9-21-22(12-16)33-14-32-21;/h3-9,12-13H,10-11,14H2,1-2H3,(H,27,30)(H,28,29);1H. The highest BCUT2D eigenvalue weighted by atomic mass is 16.7. The molecule has 170 valence electrons. The van der Waals surface area contributed by atoms with Crippen LogP contribution in [0.4, 0.5) is 5.69 Å². The fraction of sp³-hybridized carbons (Fsp3) is 0.231. The number of aryl methyl sites for hydroxylation is 1. The Labute approximate surface area is 192 Å². The van der Waals surface area contributed by atoms with Crippen LogP contribution in [0, 0.1) is 6.92 Å². The Bertz CT molecular complexity index is 1280. The molecule has 1 fully saturated rings. The Kier molecular flexibility index (Phi) is 4.96. The summed E-state index contributed by atoms with van der Waals surface area (Å²) >= 11 is 0. The Morgan fingerprint density at radius 2 is 1.82 bits per heavy atom. The minimum absolute atomic E-state index is 0. The molecule has 0 bridgehead atoms. The summed E-state index contributed by atoms with van der Waals surface area (Å²) in [5.41, 5.74) is 3.42. The third-order valence-corrected chi connectivity index (χ3v) is 6.34. The van der Waals surface area contributed by atoms with Crippen molar-refractivity contribution in [1.29, 1.82) is 0 Å². The zero-order chi connectivity index (χ0) is 23.2. The number of aromatic carboxylic acids is 1. The molecule has 1 amide bonds. The number of para-hydroxylation sites is 1. The highest BCUT2D eigenvalue weighted by Gasteiger charge is 2.51. The lowest BCUT2D eigenvalue weighted by molar-refractivity contribution is -0.118. The van der Waals surface area contributed by atoms with E-state index in [1.54, 1.807) is 6.07 Å². The van der Waals surface area contributed by atoms with Gasteiger partial charge in [0.2, 0.25) is 12.7 Å². The molecular formula is C26H25NO6. The van der Waals surface area contributed by atoms with Crippen molar-refractivity contribution in [3.8, 4) is 28.4 Å². The quantitative estimate of drug-likeness (QED) is 0.551. The highest BCUT2D eigenvalue weighted by Crippen LogP contribution is 2.51.